The van der Waals surface area contributed by atoms with Crippen LogP contribution in [-0.4, -0.2) is 19.0 Å². The molecule has 0 unspecified atom stereocenters. The van der Waals surface area contributed by atoms with Crippen molar-refractivity contribution in [3.63, 3.8) is 0 Å². The third-order valence-corrected chi connectivity index (χ3v) is 1.19. The van der Waals surface area contributed by atoms with E-state index < -0.39 is 0 Å². The fourth-order valence-corrected chi connectivity index (χ4v) is 0.665. The summed E-state index contributed by atoms with van der Waals surface area (Å²) in [5.74, 6) is -0.231. The summed E-state index contributed by atoms with van der Waals surface area (Å²) in [7, 11) is 0.0335. The van der Waals surface area contributed by atoms with E-state index in [1.54, 1.807) is 0 Å². The predicted octanol–water partition coefficient (Wildman–Crippen LogP) is -0.284. The summed E-state index contributed by atoms with van der Waals surface area (Å²) in [5.41, 5.74) is 5.04. The third kappa shape index (κ3) is 2.46. The average molecular weight is 131 g/mol. The van der Waals surface area contributed by atoms with Crippen LogP contribution in [0.25, 0.3) is 0 Å². The van der Waals surface area contributed by atoms with Gasteiger partial charge in [0.25, 0.3) is 0 Å². The molecule has 0 radical (unpaired) electrons. The van der Waals surface area contributed by atoms with E-state index in [4.69, 9.17) is 7.10 Å². The summed E-state index contributed by atoms with van der Waals surface area (Å²) < 4.78 is 6.80. The summed E-state index contributed by atoms with van der Waals surface area (Å²) >= 11 is 0. The van der Waals surface area contributed by atoms with E-state index in [1.165, 1.54) is 0 Å². The molecule has 0 rings (SSSR count). The van der Waals surface area contributed by atoms with Gasteiger partial charge in [-0.15, -0.1) is 0 Å². The molecule has 3 N–H and O–H groups in total. The number of rotatable bonds is 3. The molecule has 54 valence electrons. The van der Waals surface area contributed by atoms with E-state index in [-0.39, 0.29) is 24.9 Å². The largest absolute Gasteiger partial charge is 0.368 e. The molecular formula is C6H14N2O. The van der Waals surface area contributed by atoms with Gasteiger partial charge in [-0.05, 0) is 12.9 Å². The van der Waals surface area contributed by atoms with Crippen molar-refractivity contribution in [2.24, 2.45) is 11.7 Å². The number of nitrogens with one attached hydrogen (secondary N) is 1. The molecule has 0 aromatic carbocycles. The minimum Gasteiger partial charge on any atom is -0.368 e. The highest BCUT2D eigenvalue weighted by atomic mass is 16.1. The highest BCUT2D eigenvalue weighted by Gasteiger charge is 2.15. The smallest absolute Gasteiger partial charge is 0.234 e. The molecular weight excluding hydrogens is 116 g/mol. The van der Waals surface area contributed by atoms with Crippen LogP contribution in [-0.2, 0) is 4.79 Å². The Morgan fingerprint density at radius 3 is 2.44 bits per heavy atom. The van der Waals surface area contributed by atoms with Gasteiger partial charge in [-0.1, -0.05) is 13.8 Å². The molecule has 3 nitrogen and oxygen atoms in total. The number of hydrogen-bond donors (Lipinski definition) is 2. The number of hydrogen-bond acceptors (Lipinski definition) is 2. The zero-order chi connectivity index (χ0) is 8.15. The van der Waals surface area contributed by atoms with Gasteiger partial charge >= 0.3 is 0 Å². The summed E-state index contributed by atoms with van der Waals surface area (Å²) in [6.07, 6.45) is 0. The van der Waals surface area contributed by atoms with Crippen LogP contribution in [0.4, 0.5) is 0 Å². The fraction of sp³-hybridized carbons (Fsp3) is 0.833. The van der Waals surface area contributed by atoms with Crippen molar-refractivity contribution in [1.82, 2.24) is 5.32 Å². The Morgan fingerprint density at radius 2 is 2.33 bits per heavy atom. The van der Waals surface area contributed by atoms with Crippen molar-refractivity contribution in [2.75, 3.05) is 7.02 Å². The quantitative estimate of drug-likeness (QED) is 0.553. The molecule has 0 spiro atoms. The average Bonchev–Trinajstić information content (AvgIpc) is 1.81. The summed E-state index contributed by atoms with van der Waals surface area (Å²) in [5, 5.41) is 2.67. The lowest BCUT2D eigenvalue weighted by Gasteiger charge is -2.14. The van der Waals surface area contributed by atoms with Gasteiger partial charge in [-0.2, -0.15) is 0 Å². The van der Waals surface area contributed by atoms with E-state index in [0.29, 0.717) is 0 Å². The second-order valence-electron chi connectivity index (χ2n) is 2.33. The normalized spacial score (nSPS) is 15.2. The molecule has 0 fully saturated rings. The first-order chi connectivity index (χ1) is 4.59. The first-order valence-corrected chi connectivity index (χ1v) is 2.91. The van der Waals surface area contributed by atoms with Crippen molar-refractivity contribution < 1.29 is 6.17 Å². The Morgan fingerprint density at radius 1 is 1.78 bits per heavy atom. The second-order valence-corrected chi connectivity index (χ2v) is 2.33. The molecule has 0 aliphatic carbocycles. The molecule has 0 aromatic rings. The van der Waals surface area contributed by atoms with Crippen molar-refractivity contribution in [1.29, 1.82) is 0 Å². The Kier molecular flexibility index (Phi) is 2.51. The maximum atomic E-state index is 10.6. The Hall–Kier alpha value is -0.570. The van der Waals surface area contributed by atoms with Crippen LogP contribution in [0.15, 0.2) is 0 Å². The van der Waals surface area contributed by atoms with Crippen molar-refractivity contribution in [3.8, 4) is 0 Å². The number of amides is 1. The van der Waals surface area contributed by atoms with Crippen LogP contribution >= 0.6 is 0 Å². The third-order valence-electron chi connectivity index (χ3n) is 1.19. The van der Waals surface area contributed by atoms with Gasteiger partial charge in [0.2, 0.25) is 5.91 Å². The minimum absolute atomic E-state index is 0.0335. The Labute approximate surface area is 57.0 Å². The lowest BCUT2D eigenvalue weighted by atomic mass is 10.0. The lowest BCUT2D eigenvalue weighted by molar-refractivity contribution is -0.120. The molecule has 1 atom stereocenters. The second kappa shape index (κ2) is 3.45. The number of carbonyl (C=O) groups is 1. The van der Waals surface area contributed by atoms with E-state index in [1.807, 2.05) is 13.8 Å². The predicted molar refractivity (Wildman–Crippen MR) is 36.9 cm³/mol. The number of primary amides is 1. The summed E-state index contributed by atoms with van der Waals surface area (Å²) in [6, 6.07) is -0.363. The zero-order valence-corrected chi connectivity index (χ0v) is 5.85. The van der Waals surface area contributed by atoms with Gasteiger partial charge < -0.3 is 11.1 Å². The van der Waals surface area contributed by atoms with E-state index in [0.717, 1.165) is 0 Å². The van der Waals surface area contributed by atoms with Gasteiger partial charge in [-0.3, -0.25) is 4.79 Å². The van der Waals surface area contributed by atoms with Crippen molar-refractivity contribution in [3.05, 3.63) is 0 Å². The molecule has 0 saturated heterocycles. The van der Waals surface area contributed by atoms with E-state index in [2.05, 4.69) is 5.32 Å². The van der Waals surface area contributed by atoms with Crippen LogP contribution in [0.2, 0.25) is 0 Å². The standard InChI is InChI=1S/C6H14N2O/c1-4(2)5(8-3)6(7)9/h4-5,8H,1-3H3,(H2,7,9)/t5-/m0/s1/i3D. The first-order valence-electron chi connectivity index (χ1n) is 3.62. The molecule has 3 heteroatoms. The molecule has 0 bridgehead atoms. The van der Waals surface area contributed by atoms with Crippen LogP contribution in [0.1, 0.15) is 15.2 Å². The lowest BCUT2D eigenvalue weighted by Crippen LogP contribution is -2.42. The zero-order valence-electron chi connectivity index (χ0n) is 6.85. The molecule has 0 aromatic heterocycles. The SMILES string of the molecule is [2H]CN[C@H](C(N)=O)C(C)C. The van der Waals surface area contributed by atoms with Crippen molar-refractivity contribution >= 4 is 5.91 Å². The van der Waals surface area contributed by atoms with E-state index in [9.17, 15) is 4.79 Å². The molecule has 0 aliphatic heterocycles. The summed E-state index contributed by atoms with van der Waals surface area (Å²) in [4.78, 5) is 10.6. The molecule has 0 saturated carbocycles. The highest BCUT2D eigenvalue weighted by molar-refractivity contribution is 5.80. The number of likely N-dealkylation sites (N-methyl/N-ethyl adjacent to an activating group) is 1. The van der Waals surface area contributed by atoms with Crippen LogP contribution in [0.5, 0.6) is 0 Å². The first kappa shape index (κ1) is 6.55. The maximum Gasteiger partial charge on any atom is 0.234 e. The fourth-order valence-electron chi connectivity index (χ4n) is 0.665. The molecule has 0 heterocycles. The number of carbonyl (C=O) groups excluding carboxylic acids is 1. The van der Waals surface area contributed by atoms with Crippen molar-refractivity contribution in [2.45, 2.75) is 19.9 Å². The summed E-state index contributed by atoms with van der Waals surface area (Å²) in [6.45, 7) is 3.77. The maximum absolute atomic E-state index is 10.6. The highest BCUT2D eigenvalue weighted by Crippen LogP contribution is 1.98. The number of nitrogens with two attached hydrogens (primary N) is 1. The van der Waals surface area contributed by atoms with Crippen LogP contribution < -0.4 is 11.1 Å². The van der Waals surface area contributed by atoms with Gasteiger partial charge in [0.1, 0.15) is 0 Å². The Bertz CT molecular complexity index is 116. The topological polar surface area (TPSA) is 55.1 Å². The van der Waals surface area contributed by atoms with Crippen LogP contribution in [0.3, 0.4) is 0 Å². The molecule has 1 amide bonds. The van der Waals surface area contributed by atoms with Crippen LogP contribution in [0, 0.1) is 5.92 Å². The molecule has 0 aliphatic rings. The van der Waals surface area contributed by atoms with Gasteiger partial charge in [-0.25, -0.2) is 0 Å². The van der Waals surface area contributed by atoms with E-state index >= 15 is 0 Å². The van der Waals surface area contributed by atoms with Gasteiger partial charge in [0.15, 0.2) is 0 Å². The molecule has 9 heavy (non-hydrogen) atoms. The Balaban J connectivity index is 3.85. The van der Waals surface area contributed by atoms with Gasteiger partial charge in [0.05, 0.1) is 6.04 Å². The minimum atomic E-state index is -0.387. The van der Waals surface area contributed by atoms with Gasteiger partial charge in [0, 0.05) is 1.37 Å². The monoisotopic (exact) mass is 131 g/mol.